The van der Waals surface area contributed by atoms with Crippen LogP contribution in [0.15, 0.2) is 18.2 Å². The van der Waals surface area contributed by atoms with Crippen LogP contribution in [0.4, 0.5) is 0 Å². The number of ether oxygens (including phenoxy) is 2. The maximum atomic E-state index is 12.7. The van der Waals surface area contributed by atoms with E-state index >= 15 is 0 Å². The number of nitrogens with zero attached hydrogens (tertiary/aromatic N) is 1. The van der Waals surface area contributed by atoms with Crippen molar-refractivity contribution in [3.8, 4) is 5.75 Å². The Balaban J connectivity index is 2.67. The number of esters is 1. The minimum atomic E-state index is -0.497. The van der Waals surface area contributed by atoms with E-state index in [1.165, 1.54) is 0 Å². The lowest BCUT2D eigenvalue weighted by atomic mass is 10.1. The van der Waals surface area contributed by atoms with Gasteiger partial charge < -0.3 is 14.4 Å². The average molecular weight is 370 g/mol. The van der Waals surface area contributed by atoms with Gasteiger partial charge in [-0.2, -0.15) is 0 Å². The van der Waals surface area contributed by atoms with E-state index < -0.39 is 5.60 Å². The Bertz CT molecular complexity index is 608. The zero-order valence-electron chi connectivity index (χ0n) is 15.9. The Morgan fingerprint density at radius 1 is 1.24 bits per heavy atom. The SMILES string of the molecule is CC(C)Oc1ccc(Cl)cc1C(=O)N(C)CCCC(=O)OC(C)(C)C. The van der Waals surface area contributed by atoms with E-state index in [9.17, 15) is 9.59 Å². The van der Waals surface area contributed by atoms with Crippen molar-refractivity contribution in [1.82, 2.24) is 4.90 Å². The van der Waals surface area contributed by atoms with Crippen LogP contribution in [0.3, 0.4) is 0 Å². The van der Waals surface area contributed by atoms with Crippen LogP contribution in [0.5, 0.6) is 5.75 Å². The van der Waals surface area contributed by atoms with E-state index in [1.54, 1.807) is 30.1 Å². The van der Waals surface area contributed by atoms with Crippen molar-refractivity contribution in [3.63, 3.8) is 0 Å². The third kappa shape index (κ3) is 7.78. The first-order valence-corrected chi connectivity index (χ1v) is 8.81. The fourth-order valence-electron chi connectivity index (χ4n) is 2.19. The molecule has 0 aromatic heterocycles. The van der Waals surface area contributed by atoms with E-state index in [0.29, 0.717) is 29.3 Å². The molecule has 140 valence electrons. The molecule has 0 aliphatic rings. The predicted octanol–water partition coefficient (Wildman–Crippen LogP) is 4.32. The molecule has 0 aliphatic heterocycles. The number of amides is 1. The van der Waals surface area contributed by atoms with Gasteiger partial charge in [0.05, 0.1) is 11.7 Å². The third-order valence-electron chi connectivity index (χ3n) is 3.18. The molecular weight excluding hydrogens is 342 g/mol. The lowest BCUT2D eigenvalue weighted by molar-refractivity contribution is -0.154. The molecule has 0 radical (unpaired) electrons. The molecule has 1 amide bonds. The largest absolute Gasteiger partial charge is 0.490 e. The summed E-state index contributed by atoms with van der Waals surface area (Å²) in [6.45, 7) is 9.72. The molecule has 1 rings (SSSR count). The summed E-state index contributed by atoms with van der Waals surface area (Å²) in [5.41, 5.74) is -0.0798. The van der Waals surface area contributed by atoms with Crippen molar-refractivity contribution in [2.24, 2.45) is 0 Å². The maximum Gasteiger partial charge on any atom is 0.306 e. The zero-order valence-corrected chi connectivity index (χ0v) is 16.6. The second-order valence-corrected chi connectivity index (χ2v) is 7.66. The van der Waals surface area contributed by atoms with Crippen LogP contribution < -0.4 is 4.74 Å². The van der Waals surface area contributed by atoms with E-state index in [-0.39, 0.29) is 24.4 Å². The van der Waals surface area contributed by atoms with Gasteiger partial charge in [-0.1, -0.05) is 11.6 Å². The summed E-state index contributed by atoms with van der Waals surface area (Å²) in [5.74, 6) is 0.0469. The molecule has 0 saturated carbocycles. The summed E-state index contributed by atoms with van der Waals surface area (Å²) in [6, 6.07) is 4.99. The average Bonchev–Trinajstić information content (AvgIpc) is 2.45. The molecule has 1 aromatic carbocycles. The summed E-state index contributed by atoms with van der Waals surface area (Å²) in [6.07, 6.45) is 0.739. The first kappa shape index (κ1) is 21.3. The highest BCUT2D eigenvalue weighted by atomic mass is 35.5. The Labute approximate surface area is 155 Å². The normalized spacial score (nSPS) is 11.4. The fourth-order valence-corrected chi connectivity index (χ4v) is 2.36. The molecule has 6 heteroatoms. The Morgan fingerprint density at radius 2 is 1.88 bits per heavy atom. The minimum absolute atomic E-state index is 0.0507. The van der Waals surface area contributed by atoms with Crippen molar-refractivity contribution >= 4 is 23.5 Å². The quantitative estimate of drug-likeness (QED) is 0.671. The number of benzene rings is 1. The lowest BCUT2D eigenvalue weighted by Crippen LogP contribution is -2.29. The number of carbonyl (C=O) groups excluding carboxylic acids is 2. The van der Waals surface area contributed by atoms with Gasteiger partial charge in [0.25, 0.3) is 5.91 Å². The topological polar surface area (TPSA) is 55.8 Å². The molecule has 0 aliphatic carbocycles. The van der Waals surface area contributed by atoms with Gasteiger partial charge in [-0.15, -0.1) is 0 Å². The molecular formula is C19H28ClNO4. The van der Waals surface area contributed by atoms with Crippen LogP contribution in [-0.2, 0) is 9.53 Å². The highest BCUT2D eigenvalue weighted by molar-refractivity contribution is 6.31. The second-order valence-electron chi connectivity index (χ2n) is 7.22. The summed E-state index contributed by atoms with van der Waals surface area (Å²) >= 11 is 6.02. The van der Waals surface area contributed by atoms with Gasteiger partial charge in [0, 0.05) is 25.0 Å². The van der Waals surface area contributed by atoms with Crippen molar-refractivity contribution in [2.45, 2.75) is 59.2 Å². The van der Waals surface area contributed by atoms with Crippen molar-refractivity contribution < 1.29 is 19.1 Å². The molecule has 1 aromatic rings. The standard InChI is InChI=1S/C19H28ClNO4/c1-13(2)24-16-10-9-14(20)12-15(16)18(23)21(6)11-7-8-17(22)25-19(3,4)5/h9-10,12-13H,7-8,11H2,1-6H3. The molecule has 0 spiro atoms. The summed E-state index contributed by atoms with van der Waals surface area (Å²) in [4.78, 5) is 26.0. The van der Waals surface area contributed by atoms with Gasteiger partial charge >= 0.3 is 5.97 Å². The van der Waals surface area contributed by atoms with Crippen LogP contribution in [0, 0.1) is 0 Å². The monoisotopic (exact) mass is 369 g/mol. The molecule has 0 bridgehead atoms. The van der Waals surface area contributed by atoms with Crippen molar-refractivity contribution in [1.29, 1.82) is 0 Å². The van der Waals surface area contributed by atoms with Crippen LogP contribution in [0.2, 0.25) is 5.02 Å². The van der Waals surface area contributed by atoms with Crippen LogP contribution >= 0.6 is 11.6 Å². The molecule has 0 N–H and O–H groups in total. The van der Waals surface area contributed by atoms with Gasteiger partial charge in [0.1, 0.15) is 11.4 Å². The molecule has 0 unspecified atom stereocenters. The molecule has 0 saturated heterocycles. The van der Waals surface area contributed by atoms with E-state index in [2.05, 4.69) is 0 Å². The maximum absolute atomic E-state index is 12.7. The van der Waals surface area contributed by atoms with Crippen LogP contribution in [-0.4, -0.2) is 42.1 Å². The van der Waals surface area contributed by atoms with E-state index in [0.717, 1.165) is 0 Å². The summed E-state index contributed by atoms with van der Waals surface area (Å²) in [7, 11) is 1.69. The van der Waals surface area contributed by atoms with Gasteiger partial charge in [0.15, 0.2) is 0 Å². The first-order valence-electron chi connectivity index (χ1n) is 8.43. The third-order valence-corrected chi connectivity index (χ3v) is 3.41. The molecule has 25 heavy (non-hydrogen) atoms. The number of rotatable bonds is 7. The summed E-state index contributed by atoms with van der Waals surface area (Å²) < 4.78 is 11.0. The Morgan fingerprint density at radius 3 is 2.44 bits per heavy atom. The Kier molecular flexibility index (Phi) is 7.74. The van der Waals surface area contributed by atoms with Crippen molar-refractivity contribution in [3.05, 3.63) is 28.8 Å². The number of hydrogen-bond acceptors (Lipinski definition) is 4. The Hall–Kier alpha value is -1.75. The van der Waals surface area contributed by atoms with E-state index in [1.807, 2.05) is 34.6 Å². The zero-order chi connectivity index (χ0) is 19.2. The number of carbonyl (C=O) groups is 2. The molecule has 0 atom stereocenters. The molecule has 0 heterocycles. The number of halogens is 1. The van der Waals surface area contributed by atoms with Crippen molar-refractivity contribution in [2.75, 3.05) is 13.6 Å². The van der Waals surface area contributed by atoms with Gasteiger partial charge in [0.2, 0.25) is 0 Å². The predicted molar refractivity (Wildman–Crippen MR) is 99.3 cm³/mol. The molecule has 5 nitrogen and oxygen atoms in total. The second kappa shape index (κ2) is 9.09. The van der Waals surface area contributed by atoms with Gasteiger partial charge in [-0.25, -0.2) is 0 Å². The van der Waals surface area contributed by atoms with Gasteiger partial charge in [-0.3, -0.25) is 9.59 Å². The smallest absolute Gasteiger partial charge is 0.306 e. The first-order chi connectivity index (χ1) is 11.5. The fraction of sp³-hybridized carbons (Fsp3) is 0.579. The van der Waals surface area contributed by atoms with Crippen LogP contribution in [0.25, 0.3) is 0 Å². The molecule has 0 fully saturated rings. The highest BCUT2D eigenvalue weighted by Gasteiger charge is 2.20. The van der Waals surface area contributed by atoms with E-state index in [4.69, 9.17) is 21.1 Å². The minimum Gasteiger partial charge on any atom is -0.490 e. The number of hydrogen-bond donors (Lipinski definition) is 0. The lowest BCUT2D eigenvalue weighted by Gasteiger charge is -2.21. The highest BCUT2D eigenvalue weighted by Crippen LogP contribution is 2.25. The van der Waals surface area contributed by atoms with Gasteiger partial charge in [-0.05, 0) is 59.2 Å². The summed E-state index contributed by atoms with van der Waals surface area (Å²) in [5, 5.41) is 0.474. The van der Waals surface area contributed by atoms with Crippen LogP contribution in [0.1, 0.15) is 57.8 Å².